The average Bonchev–Trinajstić information content (AvgIpc) is 2.46. The van der Waals surface area contributed by atoms with Crippen LogP contribution in [0.3, 0.4) is 0 Å². The average molecular weight is 206 g/mol. The summed E-state index contributed by atoms with van der Waals surface area (Å²) in [4.78, 5) is 2.52. The number of likely N-dealkylation sites (tertiary alicyclic amines) is 1. The number of nitrogens with zero attached hydrogens (tertiary/aromatic N) is 3. The fourth-order valence-electron chi connectivity index (χ4n) is 2.80. The first-order valence-corrected chi connectivity index (χ1v) is 5.76. The molecule has 82 valence electrons. The van der Waals surface area contributed by atoms with Gasteiger partial charge < -0.3 is 10.6 Å². The Bertz CT molecular complexity index is 345. The van der Waals surface area contributed by atoms with Crippen molar-refractivity contribution in [3.05, 3.63) is 12.4 Å². The summed E-state index contributed by atoms with van der Waals surface area (Å²) in [6.07, 6.45) is 7.97. The van der Waals surface area contributed by atoms with E-state index in [9.17, 15) is 0 Å². The summed E-state index contributed by atoms with van der Waals surface area (Å²) >= 11 is 0. The maximum atomic E-state index is 5.61. The lowest BCUT2D eigenvalue weighted by molar-refractivity contribution is -0.0611. The zero-order valence-electron chi connectivity index (χ0n) is 9.02. The van der Waals surface area contributed by atoms with Crippen molar-refractivity contribution in [3.63, 3.8) is 0 Å². The molecule has 2 fully saturated rings. The SMILES string of the molecule is Nc1cnn(CCN2CC3(CCC3)C2)c1. The minimum absolute atomic E-state index is 0.739. The smallest absolute Gasteiger partial charge is 0.0719 e. The fourth-order valence-corrected chi connectivity index (χ4v) is 2.80. The molecule has 1 aromatic heterocycles. The van der Waals surface area contributed by atoms with E-state index in [2.05, 4.69) is 10.00 Å². The van der Waals surface area contributed by atoms with Gasteiger partial charge in [-0.3, -0.25) is 4.68 Å². The number of nitrogens with two attached hydrogens (primary N) is 1. The highest BCUT2D eigenvalue weighted by molar-refractivity contribution is 5.30. The lowest BCUT2D eigenvalue weighted by atomic mass is 9.63. The van der Waals surface area contributed by atoms with Crippen molar-refractivity contribution in [1.82, 2.24) is 14.7 Å². The first-order chi connectivity index (χ1) is 7.26. The number of rotatable bonds is 3. The zero-order chi connectivity index (χ0) is 10.3. The van der Waals surface area contributed by atoms with Crippen LogP contribution in [0.5, 0.6) is 0 Å². The van der Waals surface area contributed by atoms with Gasteiger partial charge >= 0.3 is 0 Å². The molecule has 15 heavy (non-hydrogen) atoms. The molecule has 0 atom stereocenters. The summed E-state index contributed by atoms with van der Waals surface area (Å²) in [6, 6.07) is 0. The van der Waals surface area contributed by atoms with E-state index < -0.39 is 0 Å². The summed E-state index contributed by atoms with van der Waals surface area (Å²) in [6.45, 7) is 4.70. The summed E-state index contributed by atoms with van der Waals surface area (Å²) in [5.41, 5.74) is 7.11. The zero-order valence-corrected chi connectivity index (χ0v) is 9.02. The standard InChI is InChI=1S/C11H18N4/c12-10-6-13-15(7-10)5-4-14-8-11(9-14)2-1-3-11/h6-7H,1-5,8-9,12H2. The van der Waals surface area contributed by atoms with Gasteiger partial charge in [-0.05, 0) is 18.3 Å². The molecule has 4 nitrogen and oxygen atoms in total. The highest BCUT2D eigenvalue weighted by Gasteiger charge is 2.46. The molecule has 0 bridgehead atoms. The second-order valence-corrected chi connectivity index (χ2v) is 5.10. The van der Waals surface area contributed by atoms with Crippen molar-refractivity contribution < 1.29 is 0 Å². The lowest BCUT2D eigenvalue weighted by Crippen LogP contribution is -2.60. The van der Waals surface area contributed by atoms with Crippen molar-refractivity contribution in [1.29, 1.82) is 0 Å². The maximum absolute atomic E-state index is 5.61. The first-order valence-electron chi connectivity index (χ1n) is 5.76. The van der Waals surface area contributed by atoms with Crippen LogP contribution in [-0.2, 0) is 6.54 Å². The van der Waals surface area contributed by atoms with Crippen LogP contribution < -0.4 is 5.73 Å². The predicted molar refractivity (Wildman–Crippen MR) is 59.4 cm³/mol. The highest BCUT2D eigenvalue weighted by Crippen LogP contribution is 2.47. The predicted octanol–water partition coefficient (Wildman–Crippen LogP) is 0.951. The van der Waals surface area contributed by atoms with Crippen LogP contribution in [0.25, 0.3) is 0 Å². The first kappa shape index (κ1) is 9.21. The highest BCUT2D eigenvalue weighted by atomic mass is 15.3. The summed E-state index contributed by atoms with van der Waals surface area (Å²) in [5, 5.41) is 4.18. The molecule has 1 aliphatic heterocycles. The molecule has 0 amide bonds. The van der Waals surface area contributed by atoms with E-state index in [1.807, 2.05) is 10.9 Å². The normalized spacial score (nSPS) is 23.7. The molecule has 0 radical (unpaired) electrons. The Morgan fingerprint density at radius 1 is 1.33 bits per heavy atom. The van der Waals surface area contributed by atoms with Crippen LogP contribution >= 0.6 is 0 Å². The molecule has 1 saturated heterocycles. The van der Waals surface area contributed by atoms with Crippen LogP contribution in [-0.4, -0.2) is 34.3 Å². The van der Waals surface area contributed by atoms with Crippen LogP contribution in [0.1, 0.15) is 19.3 Å². The Balaban J connectivity index is 1.44. The Labute approximate surface area is 90.0 Å². The number of aromatic nitrogens is 2. The Morgan fingerprint density at radius 3 is 2.67 bits per heavy atom. The number of hydrogen-bond donors (Lipinski definition) is 1. The fraction of sp³-hybridized carbons (Fsp3) is 0.727. The van der Waals surface area contributed by atoms with Gasteiger partial charge in [0.2, 0.25) is 0 Å². The van der Waals surface area contributed by atoms with Crippen molar-refractivity contribution in [3.8, 4) is 0 Å². The van der Waals surface area contributed by atoms with Gasteiger partial charge in [-0.25, -0.2) is 0 Å². The van der Waals surface area contributed by atoms with Crippen LogP contribution in [0.15, 0.2) is 12.4 Å². The molecular weight excluding hydrogens is 188 g/mol. The van der Waals surface area contributed by atoms with Crippen molar-refractivity contribution in [2.24, 2.45) is 5.41 Å². The van der Waals surface area contributed by atoms with E-state index in [0.717, 1.165) is 24.2 Å². The van der Waals surface area contributed by atoms with Crippen LogP contribution in [0.2, 0.25) is 0 Å². The van der Waals surface area contributed by atoms with Crippen LogP contribution in [0.4, 0.5) is 5.69 Å². The molecule has 4 heteroatoms. The van der Waals surface area contributed by atoms with Gasteiger partial charge in [0.25, 0.3) is 0 Å². The molecule has 0 unspecified atom stereocenters. The summed E-state index contributed by atoms with van der Waals surface area (Å²) in [7, 11) is 0. The third kappa shape index (κ3) is 1.63. The molecule has 1 spiro atoms. The topological polar surface area (TPSA) is 47.1 Å². The van der Waals surface area contributed by atoms with Crippen molar-refractivity contribution in [2.75, 3.05) is 25.4 Å². The number of hydrogen-bond acceptors (Lipinski definition) is 3. The molecule has 2 heterocycles. The van der Waals surface area contributed by atoms with E-state index in [1.165, 1.54) is 32.4 Å². The van der Waals surface area contributed by atoms with Gasteiger partial charge in [-0.15, -0.1) is 0 Å². The monoisotopic (exact) mass is 206 g/mol. The Hall–Kier alpha value is -1.03. The molecular formula is C11H18N4. The molecule has 1 aliphatic carbocycles. The van der Waals surface area contributed by atoms with Crippen LogP contribution in [0, 0.1) is 5.41 Å². The van der Waals surface area contributed by atoms with E-state index in [4.69, 9.17) is 5.73 Å². The second kappa shape index (κ2) is 3.23. The number of nitrogen functional groups attached to an aromatic ring is 1. The molecule has 3 rings (SSSR count). The van der Waals surface area contributed by atoms with E-state index in [1.54, 1.807) is 6.20 Å². The van der Waals surface area contributed by atoms with Crippen molar-refractivity contribution >= 4 is 5.69 Å². The summed E-state index contributed by atoms with van der Waals surface area (Å²) < 4.78 is 1.93. The molecule has 1 saturated carbocycles. The Morgan fingerprint density at radius 2 is 2.13 bits per heavy atom. The number of anilines is 1. The molecule has 1 aromatic rings. The van der Waals surface area contributed by atoms with Crippen molar-refractivity contribution in [2.45, 2.75) is 25.8 Å². The molecule has 2 N–H and O–H groups in total. The minimum atomic E-state index is 0.739. The maximum Gasteiger partial charge on any atom is 0.0719 e. The molecule has 2 aliphatic rings. The summed E-state index contributed by atoms with van der Waals surface area (Å²) in [5.74, 6) is 0. The lowest BCUT2D eigenvalue weighted by Gasteiger charge is -2.56. The van der Waals surface area contributed by atoms with E-state index in [-0.39, 0.29) is 0 Å². The van der Waals surface area contributed by atoms with Gasteiger partial charge in [0, 0.05) is 25.8 Å². The van der Waals surface area contributed by atoms with Gasteiger partial charge in [0.15, 0.2) is 0 Å². The van der Waals surface area contributed by atoms with E-state index in [0.29, 0.717) is 0 Å². The third-order valence-corrected chi connectivity index (χ3v) is 3.83. The quantitative estimate of drug-likeness (QED) is 0.801. The van der Waals surface area contributed by atoms with Gasteiger partial charge in [-0.2, -0.15) is 5.10 Å². The van der Waals surface area contributed by atoms with E-state index >= 15 is 0 Å². The second-order valence-electron chi connectivity index (χ2n) is 5.10. The van der Waals surface area contributed by atoms with Gasteiger partial charge in [0.1, 0.15) is 0 Å². The van der Waals surface area contributed by atoms with Gasteiger partial charge in [0.05, 0.1) is 18.4 Å². The Kier molecular flexibility index (Phi) is 1.99. The minimum Gasteiger partial charge on any atom is -0.396 e. The molecule has 0 aromatic carbocycles. The third-order valence-electron chi connectivity index (χ3n) is 3.83. The largest absolute Gasteiger partial charge is 0.396 e. The van der Waals surface area contributed by atoms with Gasteiger partial charge in [-0.1, -0.05) is 6.42 Å².